The first-order valence-corrected chi connectivity index (χ1v) is 6.53. The first-order chi connectivity index (χ1) is 7.19. The Kier molecular flexibility index (Phi) is 5.00. The third-order valence-corrected chi connectivity index (χ3v) is 3.66. The largest absolute Gasteiger partial charge is 0.395 e. The summed E-state index contributed by atoms with van der Waals surface area (Å²) in [6.07, 6.45) is 1.90. The predicted molar refractivity (Wildman–Crippen MR) is 61.2 cm³/mol. The molecule has 1 amide bonds. The van der Waals surface area contributed by atoms with Crippen LogP contribution in [-0.4, -0.2) is 44.8 Å². The lowest BCUT2D eigenvalue weighted by Crippen LogP contribution is -2.41. The smallest absolute Gasteiger partial charge is 0.272 e. The second-order valence-electron chi connectivity index (χ2n) is 3.01. The molecule has 0 saturated carbocycles. The van der Waals surface area contributed by atoms with Crippen LogP contribution in [-0.2, 0) is 0 Å². The van der Waals surface area contributed by atoms with Gasteiger partial charge >= 0.3 is 0 Å². The van der Waals surface area contributed by atoms with Crippen molar-refractivity contribution < 1.29 is 9.90 Å². The summed E-state index contributed by atoms with van der Waals surface area (Å²) in [5.41, 5.74) is 0.324. The summed E-state index contributed by atoms with van der Waals surface area (Å²) in [5, 5.41) is 17.1. The summed E-state index contributed by atoms with van der Waals surface area (Å²) in [4.78, 5) is 11.6. The monoisotopic (exact) mass is 247 g/mol. The number of nitrogens with zero attached hydrogens (tertiary/aromatic N) is 2. The van der Waals surface area contributed by atoms with Crippen LogP contribution < -0.4 is 5.32 Å². The zero-order chi connectivity index (χ0) is 11.3. The Balaban J connectivity index is 2.51. The number of carbonyl (C=O) groups is 1. The lowest BCUT2D eigenvalue weighted by Gasteiger charge is -2.20. The highest BCUT2D eigenvalue weighted by Gasteiger charge is 2.19. The molecular formula is C8H13N3O2S2. The maximum Gasteiger partial charge on any atom is 0.272 e. The number of nitrogens with one attached hydrogen (secondary N) is 1. The number of hydrogen-bond donors (Lipinski definition) is 2. The summed E-state index contributed by atoms with van der Waals surface area (Å²) >= 11 is 2.66. The van der Waals surface area contributed by atoms with Crippen LogP contribution in [0, 0.1) is 0 Å². The molecule has 0 bridgehead atoms. The Morgan fingerprint density at radius 1 is 1.80 bits per heavy atom. The van der Waals surface area contributed by atoms with E-state index in [0.717, 1.165) is 11.5 Å². The topological polar surface area (TPSA) is 75.1 Å². The third kappa shape index (κ3) is 3.44. The average molecular weight is 247 g/mol. The Morgan fingerprint density at radius 2 is 2.53 bits per heavy atom. The second-order valence-corrected chi connectivity index (χ2v) is 4.70. The van der Waals surface area contributed by atoms with Gasteiger partial charge < -0.3 is 10.4 Å². The fourth-order valence-corrected chi connectivity index (χ4v) is 2.14. The molecule has 0 spiro atoms. The molecule has 7 heteroatoms. The van der Waals surface area contributed by atoms with Crippen LogP contribution >= 0.6 is 23.3 Å². The predicted octanol–water partition coefficient (Wildman–Crippen LogP) is 0.380. The van der Waals surface area contributed by atoms with Crippen LogP contribution in [0.3, 0.4) is 0 Å². The van der Waals surface area contributed by atoms with Crippen molar-refractivity contribution in [1.29, 1.82) is 0 Å². The van der Waals surface area contributed by atoms with Gasteiger partial charge in [-0.2, -0.15) is 11.8 Å². The third-order valence-electron chi connectivity index (χ3n) is 1.99. The fourth-order valence-electron chi connectivity index (χ4n) is 1.07. The Morgan fingerprint density at radius 3 is 3.00 bits per heavy atom. The molecule has 0 aliphatic rings. The number of thioether (sulfide) groups is 1. The van der Waals surface area contributed by atoms with Crippen molar-refractivity contribution in [2.24, 2.45) is 0 Å². The van der Waals surface area contributed by atoms with E-state index in [1.54, 1.807) is 5.38 Å². The average Bonchev–Trinajstić information content (AvgIpc) is 2.72. The van der Waals surface area contributed by atoms with Crippen LogP contribution in [0.4, 0.5) is 0 Å². The van der Waals surface area contributed by atoms with Gasteiger partial charge in [0.2, 0.25) is 0 Å². The van der Waals surface area contributed by atoms with Crippen molar-refractivity contribution in [2.45, 2.75) is 18.2 Å². The highest BCUT2D eigenvalue weighted by Crippen LogP contribution is 2.10. The standard InChI is InChI=1S/C8H13N3O2S2/c1-5(7(3-12)14-2)9-8(13)6-4-15-11-10-6/h4-5,7,12H,3H2,1-2H3,(H,9,13). The van der Waals surface area contributed by atoms with Crippen LogP contribution in [0.2, 0.25) is 0 Å². The molecule has 0 saturated heterocycles. The molecule has 2 atom stereocenters. The van der Waals surface area contributed by atoms with Gasteiger partial charge in [-0.1, -0.05) is 4.49 Å². The van der Waals surface area contributed by atoms with Crippen molar-refractivity contribution in [3.63, 3.8) is 0 Å². The van der Waals surface area contributed by atoms with Crippen molar-refractivity contribution >= 4 is 29.2 Å². The Bertz CT molecular complexity index is 301. The summed E-state index contributed by atoms with van der Waals surface area (Å²) in [6, 6.07) is -0.0980. The molecule has 0 radical (unpaired) electrons. The number of aliphatic hydroxyl groups excluding tert-OH is 1. The van der Waals surface area contributed by atoms with Crippen LogP contribution in [0.5, 0.6) is 0 Å². The van der Waals surface area contributed by atoms with E-state index in [2.05, 4.69) is 14.9 Å². The molecule has 1 aromatic rings. The molecule has 0 aliphatic carbocycles. The summed E-state index contributed by atoms with van der Waals surface area (Å²) in [7, 11) is 0. The molecular weight excluding hydrogens is 234 g/mol. The zero-order valence-corrected chi connectivity index (χ0v) is 10.1. The fraction of sp³-hybridized carbons (Fsp3) is 0.625. The first-order valence-electron chi connectivity index (χ1n) is 4.40. The van der Waals surface area contributed by atoms with Crippen LogP contribution in [0.25, 0.3) is 0 Å². The van der Waals surface area contributed by atoms with E-state index in [1.165, 1.54) is 11.8 Å². The van der Waals surface area contributed by atoms with Gasteiger partial charge in [-0.3, -0.25) is 4.79 Å². The number of hydrogen-bond acceptors (Lipinski definition) is 6. The number of aromatic nitrogens is 2. The summed E-state index contributed by atoms with van der Waals surface area (Å²) in [5.74, 6) is -0.247. The van der Waals surface area contributed by atoms with Crippen molar-refractivity contribution in [1.82, 2.24) is 14.9 Å². The first kappa shape index (κ1) is 12.4. The summed E-state index contributed by atoms with van der Waals surface area (Å²) in [6.45, 7) is 1.90. The number of aliphatic hydroxyl groups is 1. The maximum atomic E-state index is 11.6. The van der Waals surface area contributed by atoms with Crippen LogP contribution in [0.1, 0.15) is 17.4 Å². The molecule has 1 heterocycles. The van der Waals surface area contributed by atoms with Gasteiger partial charge in [0, 0.05) is 16.7 Å². The van der Waals surface area contributed by atoms with Gasteiger partial charge in [0.15, 0.2) is 5.69 Å². The SMILES string of the molecule is CSC(CO)C(C)NC(=O)c1csnn1. The molecule has 5 nitrogen and oxygen atoms in total. The zero-order valence-electron chi connectivity index (χ0n) is 8.51. The molecule has 0 fully saturated rings. The minimum Gasteiger partial charge on any atom is -0.395 e. The van der Waals surface area contributed by atoms with Gasteiger partial charge in [-0.25, -0.2) is 0 Å². The van der Waals surface area contributed by atoms with Crippen molar-refractivity contribution in [3.8, 4) is 0 Å². The lowest BCUT2D eigenvalue weighted by molar-refractivity contribution is 0.0931. The minimum atomic E-state index is -0.247. The lowest BCUT2D eigenvalue weighted by atomic mass is 10.2. The molecule has 2 N–H and O–H groups in total. The quantitative estimate of drug-likeness (QED) is 0.787. The molecule has 1 aromatic heterocycles. The van der Waals surface area contributed by atoms with Crippen molar-refractivity contribution in [3.05, 3.63) is 11.1 Å². The molecule has 84 valence electrons. The van der Waals surface area contributed by atoms with E-state index in [1.807, 2.05) is 13.2 Å². The molecule has 2 unspecified atom stereocenters. The van der Waals surface area contributed by atoms with Crippen LogP contribution in [0.15, 0.2) is 5.38 Å². The normalized spacial score (nSPS) is 14.6. The minimum absolute atomic E-state index is 0.000505. The second kappa shape index (κ2) is 6.04. The number of rotatable bonds is 5. The number of amides is 1. The number of carbonyl (C=O) groups excluding carboxylic acids is 1. The Labute approximate surface area is 96.4 Å². The molecule has 1 rings (SSSR count). The van der Waals surface area contributed by atoms with E-state index in [4.69, 9.17) is 5.11 Å². The van der Waals surface area contributed by atoms with Gasteiger partial charge in [0.05, 0.1) is 6.61 Å². The van der Waals surface area contributed by atoms with E-state index < -0.39 is 0 Å². The van der Waals surface area contributed by atoms with Gasteiger partial charge in [-0.15, -0.1) is 5.10 Å². The van der Waals surface area contributed by atoms with Gasteiger partial charge in [-0.05, 0) is 24.7 Å². The Hall–Kier alpha value is -0.660. The van der Waals surface area contributed by atoms with E-state index in [9.17, 15) is 4.79 Å². The van der Waals surface area contributed by atoms with Gasteiger partial charge in [0.1, 0.15) is 0 Å². The highest BCUT2D eigenvalue weighted by molar-refractivity contribution is 7.99. The van der Waals surface area contributed by atoms with Crippen molar-refractivity contribution in [2.75, 3.05) is 12.9 Å². The van der Waals surface area contributed by atoms with E-state index in [-0.39, 0.29) is 23.8 Å². The molecule has 15 heavy (non-hydrogen) atoms. The highest BCUT2D eigenvalue weighted by atomic mass is 32.2. The van der Waals surface area contributed by atoms with E-state index >= 15 is 0 Å². The molecule has 0 aromatic carbocycles. The molecule has 0 aliphatic heterocycles. The van der Waals surface area contributed by atoms with Gasteiger partial charge in [0.25, 0.3) is 5.91 Å². The van der Waals surface area contributed by atoms with E-state index in [0.29, 0.717) is 5.69 Å². The maximum absolute atomic E-state index is 11.6. The summed E-state index contributed by atoms with van der Waals surface area (Å²) < 4.78 is 3.61.